The highest BCUT2D eigenvalue weighted by Gasteiger charge is 2.40. The number of nitrogens with one attached hydrogen (secondary N) is 2. The molecule has 0 bridgehead atoms. The van der Waals surface area contributed by atoms with Gasteiger partial charge in [0.2, 0.25) is 0 Å². The molecule has 0 aliphatic carbocycles. The van der Waals surface area contributed by atoms with E-state index in [1.165, 1.54) is 4.90 Å². The molecule has 2 aromatic heterocycles. The molecule has 2 aromatic carbocycles. The largest absolute Gasteiger partial charge is 0.488 e. The van der Waals surface area contributed by atoms with Crippen LogP contribution in [-0.2, 0) is 22.7 Å². The van der Waals surface area contributed by atoms with Crippen molar-refractivity contribution in [3.8, 4) is 45.1 Å². The summed E-state index contributed by atoms with van der Waals surface area (Å²) in [6, 6.07) is 7.70. The van der Waals surface area contributed by atoms with E-state index in [0.717, 1.165) is 62.7 Å². The van der Waals surface area contributed by atoms with Gasteiger partial charge in [-0.1, -0.05) is 6.92 Å². The average Bonchev–Trinajstić information content (AvgIpc) is 3.88. The van der Waals surface area contributed by atoms with Crippen molar-refractivity contribution in [3.05, 3.63) is 59.4 Å². The molecule has 2 unspecified atom stereocenters. The van der Waals surface area contributed by atoms with Crippen LogP contribution in [0.2, 0.25) is 0 Å². The van der Waals surface area contributed by atoms with Gasteiger partial charge in [-0.15, -0.1) is 0 Å². The molecule has 0 spiro atoms. The highest BCUT2D eigenvalue weighted by molar-refractivity contribution is 5.88. The first kappa shape index (κ1) is 32.2. The van der Waals surface area contributed by atoms with Crippen LogP contribution in [0.5, 0.6) is 11.5 Å². The number of aromatic nitrogens is 4. The van der Waals surface area contributed by atoms with E-state index in [1.807, 2.05) is 32.9 Å². The second kappa shape index (κ2) is 12.1. The van der Waals surface area contributed by atoms with Crippen LogP contribution < -0.4 is 9.47 Å². The number of nitrogens with zero attached hydrogens (tertiary/aromatic N) is 4. The van der Waals surface area contributed by atoms with Gasteiger partial charge < -0.3 is 34.0 Å². The first-order valence-corrected chi connectivity index (χ1v) is 17.1. The van der Waals surface area contributed by atoms with Gasteiger partial charge >= 0.3 is 12.2 Å². The van der Waals surface area contributed by atoms with Gasteiger partial charge in [0.1, 0.15) is 42.0 Å². The molecule has 4 aliphatic heterocycles. The number of carboxylic acid groups (broad SMARTS) is 1. The van der Waals surface area contributed by atoms with Gasteiger partial charge in [-0.3, -0.25) is 9.80 Å². The fourth-order valence-electron chi connectivity index (χ4n) is 7.87. The molecule has 2 amide bonds. The van der Waals surface area contributed by atoms with E-state index in [1.54, 1.807) is 24.4 Å². The molecule has 50 heavy (non-hydrogen) atoms. The summed E-state index contributed by atoms with van der Waals surface area (Å²) in [6.07, 6.45) is 3.73. The Bertz CT molecular complexity index is 1930. The van der Waals surface area contributed by atoms with Crippen molar-refractivity contribution in [2.45, 2.75) is 71.4 Å². The lowest BCUT2D eigenvalue weighted by Crippen LogP contribution is -2.37. The Kier molecular flexibility index (Phi) is 7.77. The van der Waals surface area contributed by atoms with E-state index >= 15 is 0 Å². The van der Waals surface area contributed by atoms with Crippen molar-refractivity contribution >= 4 is 12.2 Å². The second-order valence-corrected chi connectivity index (χ2v) is 15.0. The highest BCUT2D eigenvalue weighted by Crippen LogP contribution is 2.51. The van der Waals surface area contributed by atoms with Crippen LogP contribution in [0, 0.1) is 11.8 Å². The number of imidazole rings is 2. The standard InChI is InChI=1S/C37H42N6O7/c1-19-6-27(42(14-19)35(44)45)33-38-12-25(40-33)21-8-23-17-49-30-11-22(9-24-18-48-29(10-21)31(23)32(24)30)26-13-39-34(41-26)28-7-20(16-47-5)15-43(28)36(46)50-37(2,3)4/h8-13,19-20,27-28H,6-7,14-18H2,1-5H3,(H,38,40)(H,39,41)(H,44,45)/t19?,20-,27?,28-/m0/s1. The van der Waals surface area contributed by atoms with Crippen LogP contribution in [0.25, 0.3) is 33.6 Å². The van der Waals surface area contributed by atoms with Gasteiger partial charge in [-0.2, -0.15) is 0 Å². The predicted molar refractivity (Wildman–Crippen MR) is 183 cm³/mol. The summed E-state index contributed by atoms with van der Waals surface area (Å²) in [7, 11) is 1.68. The zero-order valence-corrected chi connectivity index (χ0v) is 28.9. The fourth-order valence-corrected chi connectivity index (χ4v) is 7.87. The second-order valence-electron chi connectivity index (χ2n) is 15.0. The number of methoxy groups -OCH3 is 1. The summed E-state index contributed by atoms with van der Waals surface area (Å²) in [5, 5.41) is 9.71. The third-order valence-corrected chi connectivity index (χ3v) is 10.0. The lowest BCUT2D eigenvalue weighted by atomic mass is 9.87. The molecule has 2 fully saturated rings. The zero-order valence-electron chi connectivity index (χ0n) is 28.9. The number of carbonyl (C=O) groups is 2. The van der Waals surface area contributed by atoms with Gasteiger partial charge in [0.25, 0.3) is 0 Å². The molecule has 3 N–H and O–H groups in total. The Morgan fingerprint density at radius 3 is 1.96 bits per heavy atom. The van der Waals surface area contributed by atoms with Gasteiger partial charge in [0.15, 0.2) is 0 Å². The molecule has 0 radical (unpaired) electrons. The Balaban J connectivity index is 1.07. The zero-order chi connectivity index (χ0) is 34.9. The molecule has 13 nitrogen and oxygen atoms in total. The molecule has 262 valence electrons. The average molecular weight is 683 g/mol. The highest BCUT2D eigenvalue weighted by atomic mass is 16.6. The number of amides is 2. The number of H-pyrrole nitrogens is 2. The maximum atomic E-state index is 13.2. The van der Waals surface area contributed by atoms with Gasteiger partial charge in [-0.25, -0.2) is 19.6 Å². The quantitative estimate of drug-likeness (QED) is 0.196. The van der Waals surface area contributed by atoms with Crippen molar-refractivity contribution < 1.29 is 33.6 Å². The van der Waals surface area contributed by atoms with Crippen LogP contribution in [0.4, 0.5) is 9.59 Å². The van der Waals surface area contributed by atoms with E-state index in [2.05, 4.69) is 34.0 Å². The molecule has 2 saturated heterocycles. The number of aromatic amines is 2. The molecule has 4 aromatic rings. The van der Waals surface area contributed by atoms with Crippen LogP contribution in [0.1, 0.15) is 75.4 Å². The van der Waals surface area contributed by atoms with E-state index in [4.69, 9.17) is 23.9 Å². The summed E-state index contributed by atoms with van der Waals surface area (Å²) in [5.41, 5.74) is 6.91. The summed E-state index contributed by atoms with van der Waals surface area (Å²) in [6.45, 7) is 9.97. The van der Waals surface area contributed by atoms with E-state index in [-0.39, 0.29) is 30.0 Å². The maximum absolute atomic E-state index is 13.2. The minimum absolute atomic E-state index is 0.174. The number of likely N-dealkylation sites (tertiary alicyclic amines) is 2. The number of hydrogen-bond acceptors (Lipinski definition) is 8. The smallest absolute Gasteiger partial charge is 0.410 e. The number of ether oxygens (including phenoxy) is 4. The fraction of sp³-hybridized carbons (Fsp3) is 0.459. The summed E-state index contributed by atoms with van der Waals surface area (Å²) < 4.78 is 23.9. The third kappa shape index (κ3) is 5.72. The van der Waals surface area contributed by atoms with Crippen molar-refractivity contribution in [2.24, 2.45) is 11.8 Å². The Labute approximate surface area is 289 Å². The molecule has 8 rings (SSSR count). The molecular formula is C37H42N6O7. The topological polar surface area (TPSA) is 155 Å². The monoisotopic (exact) mass is 682 g/mol. The molecule has 0 saturated carbocycles. The lowest BCUT2D eigenvalue weighted by molar-refractivity contribution is 0.0208. The molecule has 4 atom stereocenters. The van der Waals surface area contributed by atoms with Crippen molar-refractivity contribution in [1.82, 2.24) is 29.7 Å². The SMILES string of the molecule is COC[C@H]1C[C@@H](c2ncc(-c3cc4c5c(c3)OCc3cc(-c6cnc(C7CC(C)CN7C(=O)O)[nH]6)cc(c3-5)OC4)[nH]2)N(C(=O)OC(C)(C)C)C1. The number of hydrogen-bond donors (Lipinski definition) is 3. The lowest BCUT2D eigenvalue weighted by Gasteiger charge is -2.30. The third-order valence-electron chi connectivity index (χ3n) is 10.0. The van der Waals surface area contributed by atoms with Gasteiger partial charge in [0.05, 0.1) is 42.5 Å². The van der Waals surface area contributed by atoms with Crippen LogP contribution in [0.3, 0.4) is 0 Å². The minimum atomic E-state index is -0.929. The normalized spacial score (nSPS) is 22.3. The van der Waals surface area contributed by atoms with E-state index < -0.39 is 11.7 Å². The first-order valence-electron chi connectivity index (χ1n) is 17.1. The maximum Gasteiger partial charge on any atom is 0.410 e. The van der Waals surface area contributed by atoms with Crippen LogP contribution >= 0.6 is 0 Å². The summed E-state index contributed by atoms with van der Waals surface area (Å²) >= 11 is 0. The Morgan fingerprint density at radius 1 is 0.880 bits per heavy atom. The molecule has 6 heterocycles. The first-order chi connectivity index (χ1) is 24.0. The summed E-state index contributed by atoms with van der Waals surface area (Å²) in [4.78, 5) is 44.5. The summed E-state index contributed by atoms with van der Waals surface area (Å²) in [5.74, 6) is 3.35. The molecule has 4 aliphatic rings. The van der Waals surface area contributed by atoms with Crippen molar-refractivity contribution in [3.63, 3.8) is 0 Å². The van der Waals surface area contributed by atoms with Crippen molar-refractivity contribution in [2.75, 3.05) is 26.8 Å². The molecule has 13 heteroatoms. The van der Waals surface area contributed by atoms with E-state index in [0.29, 0.717) is 51.0 Å². The van der Waals surface area contributed by atoms with Gasteiger partial charge in [0, 0.05) is 59.5 Å². The Morgan fingerprint density at radius 2 is 1.44 bits per heavy atom. The number of rotatable bonds is 6. The van der Waals surface area contributed by atoms with Crippen molar-refractivity contribution in [1.29, 1.82) is 0 Å². The number of benzene rings is 2. The van der Waals surface area contributed by atoms with Gasteiger partial charge in [-0.05, 0) is 63.8 Å². The minimum Gasteiger partial charge on any atom is -0.488 e. The van der Waals surface area contributed by atoms with Crippen LogP contribution in [0.15, 0.2) is 36.7 Å². The van der Waals surface area contributed by atoms with E-state index in [9.17, 15) is 14.7 Å². The van der Waals surface area contributed by atoms with Crippen LogP contribution in [-0.4, -0.2) is 79.4 Å². The Hall–Kier alpha value is -5.04. The predicted octanol–water partition coefficient (Wildman–Crippen LogP) is 6.92. The molecular weight excluding hydrogens is 640 g/mol. The number of carbonyl (C=O) groups excluding carboxylic acids is 1.